The van der Waals surface area contributed by atoms with Gasteiger partial charge in [0.05, 0.1) is 19.0 Å². The summed E-state index contributed by atoms with van der Waals surface area (Å²) in [6.07, 6.45) is 1.27. The van der Waals surface area contributed by atoms with E-state index in [4.69, 9.17) is 10.5 Å². The van der Waals surface area contributed by atoms with Crippen LogP contribution in [0.25, 0.3) is 0 Å². The maximum absolute atomic E-state index is 12.1. The lowest BCUT2D eigenvalue weighted by Gasteiger charge is -2.10. The minimum Gasteiger partial charge on any atom is -0.496 e. The molecule has 0 spiro atoms. The molecule has 0 saturated carbocycles. The number of nitrogens with two attached hydrogens (primary N) is 1. The highest BCUT2D eigenvalue weighted by molar-refractivity contribution is 7.89. The van der Waals surface area contributed by atoms with Gasteiger partial charge in [0.2, 0.25) is 10.0 Å². The van der Waals surface area contributed by atoms with Crippen molar-refractivity contribution in [1.82, 2.24) is 14.9 Å². The fourth-order valence-electron chi connectivity index (χ4n) is 1.80. The third kappa shape index (κ3) is 2.91. The summed E-state index contributed by atoms with van der Waals surface area (Å²) in [7, 11) is -2.11. The molecule has 4 N–H and O–H groups in total. The molecule has 1 aromatic carbocycles. The number of nitrogen functional groups attached to an aromatic ring is 1. The minimum absolute atomic E-state index is 0.0845. The minimum atomic E-state index is -3.62. The standard InChI is InChI=1S/C12H16N4O3S/c1-8-12(7-14-16-8)20(17,18)15-6-9-5-10(13)3-4-11(9)19-2/h3-5,7,15H,6,13H2,1-2H3,(H,14,16). The summed E-state index contributed by atoms with van der Waals surface area (Å²) in [6, 6.07) is 5.06. The van der Waals surface area contributed by atoms with E-state index in [0.29, 0.717) is 22.7 Å². The summed E-state index contributed by atoms with van der Waals surface area (Å²) in [5, 5.41) is 6.29. The smallest absolute Gasteiger partial charge is 0.244 e. The molecule has 0 aliphatic rings. The predicted octanol–water partition coefficient (Wildman–Crippen LogP) is 0.787. The number of aryl methyl sites for hydroxylation is 1. The van der Waals surface area contributed by atoms with Gasteiger partial charge in [-0.1, -0.05) is 0 Å². The Bertz CT molecular complexity index is 709. The van der Waals surface area contributed by atoms with Crippen LogP contribution in [0.1, 0.15) is 11.3 Å². The fraction of sp³-hybridized carbons (Fsp3) is 0.250. The Morgan fingerprint density at radius 1 is 1.45 bits per heavy atom. The number of anilines is 1. The van der Waals surface area contributed by atoms with Gasteiger partial charge in [0.25, 0.3) is 0 Å². The molecule has 1 aromatic heterocycles. The molecule has 2 aromatic rings. The normalized spacial score (nSPS) is 11.5. The number of hydrogen-bond donors (Lipinski definition) is 3. The number of ether oxygens (including phenoxy) is 1. The highest BCUT2D eigenvalue weighted by Gasteiger charge is 2.18. The lowest BCUT2D eigenvalue weighted by Crippen LogP contribution is -2.23. The second-order valence-electron chi connectivity index (χ2n) is 4.26. The zero-order chi connectivity index (χ0) is 14.8. The molecular weight excluding hydrogens is 280 g/mol. The Hall–Kier alpha value is -2.06. The van der Waals surface area contributed by atoms with E-state index in [1.54, 1.807) is 25.1 Å². The van der Waals surface area contributed by atoms with E-state index < -0.39 is 10.0 Å². The van der Waals surface area contributed by atoms with E-state index in [1.807, 2.05) is 0 Å². The molecule has 0 aliphatic heterocycles. The van der Waals surface area contributed by atoms with Gasteiger partial charge >= 0.3 is 0 Å². The van der Waals surface area contributed by atoms with Gasteiger partial charge in [0, 0.05) is 17.8 Å². The molecule has 7 nitrogen and oxygen atoms in total. The lowest BCUT2D eigenvalue weighted by atomic mass is 10.2. The maximum Gasteiger partial charge on any atom is 0.244 e. The zero-order valence-electron chi connectivity index (χ0n) is 11.2. The van der Waals surface area contributed by atoms with Crippen molar-refractivity contribution < 1.29 is 13.2 Å². The molecule has 108 valence electrons. The van der Waals surface area contributed by atoms with Gasteiger partial charge < -0.3 is 10.5 Å². The number of nitrogens with one attached hydrogen (secondary N) is 2. The molecule has 0 amide bonds. The largest absolute Gasteiger partial charge is 0.496 e. The van der Waals surface area contributed by atoms with Crippen LogP contribution < -0.4 is 15.2 Å². The number of nitrogens with zero attached hydrogens (tertiary/aromatic N) is 1. The Kier molecular flexibility index (Phi) is 3.96. The molecule has 0 saturated heterocycles. The van der Waals surface area contributed by atoms with Gasteiger partial charge in [-0.25, -0.2) is 13.1 Å². The summed E-state index contributed by atoms with van der Waals surface area (Å²) in [4.78, 5) is 0.125. The number of aromatic nitrogens is 2. The molecule has 0 unspecified atom stereocenters. The van der Waals surface area contributed by atoms with Gasteiger partial charge in [0.15, 0.2) is 0 Å². The number of aromatic amines is 1. The third-order valence-electron chi connectivity index (χ3n) is 2.83. The van der Waals surface area contributed by atoms with E-state index in [9.17, 15) is 8.42 Å². The lowest BCUT2D eigenvalue weighted by molar-refractivity contribution is 0.409. The average Bonchev–Trinajstić information content (AvgIpc) is 2.84. The van der Waals surface area contributed by atoms with Crippen molar-refractivity contribution >= 4 is 15.7 Å². The summed E-state index contributed by atoms with van der Waals surface area (Å²) >= 11 is 0. The highest BCUT2D eigenvalue weighted by Crippen LogP contribution is 2.21. The van der Waals surface area contributed by atoms with E-state index >= 15 is 0 Å². The van der Waals surface area contributed by atoms with Gasteiger partial charge in [-0.15, -0.1) is 0 Å². The quantitative estimate of drug-likeness (QED) is 0.706. The van der Waals surface area contributed by atoms with Crippen LogP contribution in [0.3, 0.4) is 0 Å². The first kappa shape index (κ1) is 14.4. The molecule has 0 aliphatic carbocycles. The Morgan fingerprint density at radius 3 is 2.80 bits per heavy atom. The van der Waals surface area contributed by atoms with Crippen molar-refractivity contribution in [3.8, 4) is 5.75 Å². The molecule has 0 atom stereocenters. The zero-order valence-corrected chi connectivity index (χ0v) is 12.0. The van der Waals surface area contributed by atoms with Crippen LogP contribution in [-0.2, 0) is 16.6 Å². The molecule has 0 fully saturated rings. The monoisotopic (exact) mass is 296 g/mol. The summed E-state index contributed by atoms with van der Waals surface area (Å²) in [5.74, 6) is 0.575. The van der Waals surface area contributed by atoms with Crippen molar-refractivity contribution in [2.45, 2.75) is 18.4 Å². The van der Waals surface area contributed by atoms with Gasteiger partial charge in [0.1, 0.15) is 10.6 Å². The van der Waals surface area contributed by atoms with Crippen molar-refractivity contribution in [1.29, 1.82) is 0 Å². The predicted molar refractivity (Wildman–Crippen MR) is 74.8 cm³/mol. The Balaban J connectivity index is 2.21. The summed E-state index contributed by atoms with van der Waals surface area (Å²) in [6.45, 7) is 1.73. The Morgan fingerprint density at radius 2 is 2.20 bits per heavy atom. The van der Waals surface area contributed by atoms with E-state index in [-0.39, 0.29) is 11.4 Å². The van der Waals surface area contributed by atoms with Crippen molar-refractivity contribution in [2.24, 2.45) is 0 Å². The number of benzene rings is 1. The molecule has 0 radical (unpaired) electrons. The van der Waals surface area contributed by atoms with E-state index in [2.05, 4.69) is 14.9 Å². The van der Waals surface area contributed by atoms with Crippen molar-refractivity contribution in [2.75, 3.05) is 12.8 Å². The second-order valence-corrected chi connectivity index (χ2v) is 5.99. The number of methoxy groups -OCH3 is 1. The van der Waals surface area contributed by atoms with Crippen LogP contribution in [0.4, 0.5) is 5.69 Å². The van der Waals surface area contributed by atoms with Crippen LogP contribution in [0, 0.1) is 6.92 Å². The topological polar surface area (TPSA) is 110 Å². The second kappa shape index (κ2) is 5.51. The molecule has 2 rings (SSSR count). The van der Waals surface area contributed by atoms with Crippen LogP contribution in [0.2, 0.25) is 0 Å². The number of H-pyrrole nitrogens is 1. The van der Waals surface area contributed by atoms with Gasteiger partial charge in [-0.3, -0.25) is 5.10 Å². The third-order valence-corrected chi connectivity index (χ3v) is 4.35. The van der Waals surface area contributed by atoms with E-state index in [1.165, 1.54) is 13.3 Å². The van der Waals surface area contributed by atoms with Crippen molar-refractivity contribution in [3.63, 3.8) is 0 Å². The van der Waals surface area contributed by atoms with Crippen LogP contribution >= 0.6 is 0 Å². The van der Waals surface area contributed by atoms with Crippen LogP contribution in [-0.4, -0.2) is 25.7 Å². The first-order chi connectivity index (χ1) is 9.44. The van der Waals surface area contributed by atoms with Gasteiger partial charge in [-0.05, 0) is 25.1 Å². The van der Waals surface area contributed by atoms with Gasteiger partial charge in [-0.2, -0.15) is 5.10 Å². The fourth-order valence-corrected chi connectivity index (χ4v) is 2.94. The molecule has 0 bridgehead atoms. The number of rotatable bonds is 5. The number of hydrogen-bond acceptors (Lipinski definition) is 5. The first-order valence-electron chi connectivity index (χ1n) is 5.86. The summed E-state index contributed by atoms with van der Waals surface area (Å²) < 4.78 is 31.9. The molecule has 1 heterocycles. The summed E-state index contributed by atoms with van der Waals surface area (Å²) in [5.41, 5.74) is 7.38. The first-order valence-corrected chi connectivity index (χ1v) is 7.34. The van der Waals surface area contributed by atoms with Crippen molar-refractivity contribution in [3.05, 3.63) is 35.7 Å². The van der Waals surface area contributed by atoms with Crippen LogP contribution in [0.15, 0.2) is 29.3 Å². The highest BCUT2D eigenvalue weighted by atomic mass is 32.2. The SMILES string of the molecule is COc1ccc(N)cc1CNS(=O)(=O)c1cn[nH]c1C. The Labute approximate surface area is 117 Å². The average molecular weight is 296 g/mol. The molecular formula is C12H16N4O3S. The maximum atomic E-state index is 12.1. The number of sulfonamides is 1. The van der Waals surface area contributed by atoms with E-state index in [0.717, 1.165) is 0 Å². The van der Waals surface area contributed by atoms with Crippen LogP contribution in [0.5, 0.6) is 5.75 Å². The molecule has 8 heteroatoms. The molecule has 20 heavy (non-hydrogen) atoms.